The van der Waals surface area contributed by atoms with Gasteiger partial charge in [0, 0.05) is 5.92 Å². The fraction of sp³-hybridized carbons (Fsp3) is 0.364. The number of hydrogen-bond donors (Lipinski definition) is 0. The van der Waals surface area contributed by atoms with Crippen molar-refractivity contribution in [2.45, 2.75) is 20.8 Å². The molecule has 1 rings (SSSR count). The maximum atomic E-state index is 6.14. The summed E-state index contributed by atoms with van der Waals surface area (Å²) in [5.41, 5.74) is 1.06. The van der Waals surface area contributed by atoms with Gasteiger partial charge in [-0.25, -0.2) is 0 Å². The minimum absolute atomic E-state index is 0.645. The molecule has 0 bridgehead atoms. The van der Waals surface area contributed by atoms with Crippen LogP contribution in [-0.4, -0.2) is 6.61 Å². The van der Waals surface area contributed by atoms with Gasteiger partial charge in [-0.05, 0) is 18.6 Å². The quantitative estimate of drug-likeness (QED) is 0.718. The number of benzene rings is 1. The van der Waals surface area contributed by atoms with Crippen LogP contribution in [0.4, 0.5) is 0 Å². The lowest BCUT2D eigenvalue weighted by Crippen LogP contribution is -1.96. The molecule has 0 amide bonds. The van der Waals surface area contributed by atoms with Crippen LogP contribution in [0.3, 0.4) is 0 Å². The summed E-state index contributed by atoms with van der Waals surface area (Å²) in [5, 5.41) is 0.712. The van der Waals surface area contributed by atoms with Crippen molar-refractivity contribution < 1.29 is 4.74 Å². The van der Waals surface area contributed by atoms with Crippen molar-refractivity contribution in [3.8, 4) is 5.75 Å². The van der Waals surface area contributed by atoms with Gasteiger partial charge in [0.25, 0.3) is 0 Å². The van der Waals surface area contributed by atoms with Crippen LogP contribution < -0.4 is 4.74 Å². The smallest absolute Gasteiger partial charge is 0.138 e. The lowest BCUT2D eigenvalue weighted by Gasteiger charge is -2.11. The molecule has 1 aromatic carbocycles. The Labute approximate surface area is 84.7 Å². The van der Waals surface area contributed by atoms with Crippen LogP contribution in [0.15, 0.2) is 18.2 Å². The Hall–Kier alpha value is -0.690. The summed E-state index contributed by atoms with van der Waals surface area (Å²) in [5.74, 6) is 1.97. The van der Waals surface area contributed by atoms with Crippen LogP contribution >= 0.6 is 11.6 Å². The van der Waals surface area contributed by atoms with Crippen LogP contribution in [0.5, 0.6) is 5.75 Å². The van der Waals surface area contributed by atoms with Gasteiger partial charge in [0.2, 0.25) is 0 Å². The van der Waals surface area contributed by atoms with Crippen LogP contribution in [0.2, 0.25) is 5.02 Å². The molecule has 0 spiro atoms. The third-order valence-electron chi connectivity index (χ3n) is 1.80. The zero-order valence-electron chi connectivity index (χ0n) is 8.23. The summed E-state index contributed by atoms with van der Waals surface area (Å²) in [4.78, 5) is 0. The molecular formula is C11H14ClO. The minimum Gasteiger partial charge on any atom is -0.492 e. The fourth-order valence-corrected chi connectivity index (χ4v) is 1.53. The van der Waals surface area contributed by atoms with E-state index in [9.17, 15) is 0 Å². The lowest BCUT2D eigenvalue weighted by molar-refractivity contribution is 0.340. The second kappa shape index (κ2) is 4.52. The Bertz CT molecular complexity index is 281. The van der Waals surface area contributed by atoms with Crippen LogP contribution in [0, 0.1) is 5.92 Å². The molecule has 0 atom stereocenters. The van der Waals surface area contributed by atoms with Gasteiger partial charge in [0.05, 0.1) is 11.6 Å². The molecule has 0 aliphatic rings. The molecule has 0 N–H and O–H groups in total. The summed E-state index contributed by atoms with van der Waals surface area (Å²) < 4.78 is 5.38. The first-order valence-electron chi connectivity index (χ1n) is 4.38. The molecule has 1 radical (unpaired) electrons. The SMILES string of the molecule is CCOc1cccc([C](C)C)c1Cl. The van der Waals surface area contributed by atoms with Crippen molar-refractivity contribution in [2.75, 3.05) is 6.61 Å². The zero-order valence-corrected chi connectivity index (χ0v) is 8.98. The molecule has 0 aliphatic heterocycles. The van der Waals surface area contributed by atoms with Gasteiger partial charge in [-0.3, -0.25) is 0 Å². The molecule has 0 fully saturated rings. The molecule has 13 heavy (non-hydrogen) atoms. The molecule has 0 aliphatic carbocycles. The number of hydrogen-bond acceptors (Lipinski definition) is 1. The van der Waals surface area contributed by atoms with E-state index in [0.29, 0.717) is 11.6 Å². The van der Waals surface area contributed by atoms with Crippen LogP contribution in [0.1, 0.15) is 26.3 Å². The van der Waals surface area contributed by atoms with Gasteiger partial charge in [-0.1, -0.05) is 37.6 Å². The number of rotatable bonds is 3. The molecule has 0 unspecified atom stereocenters. The Morgan fingerprint density at radius 2 is 2.08 bits per heavy atom. The molecular weight excluding hydrogens is 184 g/mol. The monoisotopic (exact) mass is 197 g/mol. The average molecular weight is 198 g/mol. The second-order valence-electron chi connectivity index (χ2n) is 3.05. The molecule has 0 aromatic heterocycles. The highest BCUT2D eigenvalue weighted by atomic mass is 35.5. The highest BCUT2D eigenvalue weighted by Gasteiger charge is 2.09. The standard InChI is InChI=1S/C11H14ClO/c1-4-13-10-7-5-6-9(8(2)3)11(10)12/h5-7H,4H2,1-3H3. The summed E-state index contributed by atoms with van der Waals surface area (Å²) in [7, 11) is 0. The van der Waals surface area contributed by atoms with Crippen molar-refractivity contribution in [1.82, 2.24) is 0 Å². The zero-order chi connectivity index (χ0) is 9.84. The van der Waals surface area contributed by atoms with Gasteiger partial charge < -0.3 is 4.74 Å². The number of ether oxygens (including phenoxy) is 1. The fourth-order valence-electron chi connectivity index (χ4n) is 1.16. The predicted octanol–water partition coefficient (Wildman–Crippen LogP) is 3.70. The Balaban J connectivity index is 3.03. The lowest BCUT2D eigenvalue weighted by atomic mass is 10.0. The molecule has 1 aromatic rings. The number of halogens is 1. The van der Waals surface area contributed by atoms with E-state index in [4.69, 9.17) is 16.3 Å². The molecule has 0 saturated heterocycles. The van der Waals surface area contributed by atoms with Crippen molar-refractivity contribution in [2.24, 2.45) is 0 Å². The van der Waals surface area contributed by atoms with E-state index in [1.165, 1.54) is 5.92 Å². The van der Waals surface area contributed by atoms with Gasteiger partial charge in [-0.2, -0.15) is 0 Å². The van der Waals surface area contributed by atoms with Crippen LogP contribution in [0.25, 0.3) is 0 Å². The van der Waals surface area contributed by atoms with E-state index in [0.717, 1.165) is 11.3 Å². The second-order valence-corrected chi connectivity index (χ2v) is 3.43. The highest BCUT2D eigenvalue weighted by Crippen LogP contribution is 2.31. The van der Waals surface area contributed by atoms with E-state index in [-0.39, 0.29) is 0 Å². The summed E-state index contributed by atoms with van der Waals surface area (Å²) in [6.07, 6.45) is 0. The summed E-state index contributed by atoms with van der Waals surface area (Å²) in [6, 6.07) is 5.84. The Morgan fingerprint density at radius 3 is 2.62 bits per heavy atom. The summed E-state index contributed by atoms with van der Waals surface area (Å²) in [6.45, 7) is 6.67. The van der Waals surface area contributed by atoms with Crippen molar-refractivity contribution in [3.63, 3.8) is 0 Å². The van der Waals surface area contributed by atoms with Gasteiger partial charge in [0.15, 0.2) is 0 Å². The van der Waals surface area contributed by atoms with Crippen molar-refractivity contribution in [1.29, 1.82) is 0 Å². The predicted molar refractivity (Wildman–Crippen MR) is 56.3 cm³/mol. The van der Waals surface area contributed by atoms with Crippen LogP contribution in [-0.2, 0) is 0 Å². The molecule has 0 heterocycles. The van der Waals surface area contributed by atoms with E-state index in [2.05, 4.69) is 0 Å². The molecule has 0 saturated carbocycles. The largest absolute Gasteiger partial charge is 0.492 e. The summed E-state index contributed by atoms with van der Waals surface area (Å²) >= 11 is 6.14. The van der Waals surface area contributed by atoms with Gasteiger partial charge in [-0.15, -0.1) is 0 Å². The maximum absolute atomic E-state index is 6.14. The minimum atomic E-state index is 0.645. The first kappa shape index (κ1) is 10.4. The van der Waals surface area contributed by atoms with Crippen molar-refractivity contribution in [3.05, 3.63) is 34.7 Å². The van der Waals surface area contributed by atoms with E-state index in [1.807, 2.05) is 39.0 Å². The van der Waals surface area contributed by atoms with Gasteiger partial charge in [0.1, 0.15) is 5.75 Å². The first-order valence-corrected chi connectivity index (χ1v) is 4.76. The van der Waals surface area contributed by atoms with E-state index in [1.54, 1.807) is 0 Å². The third kappa shape index (κ3) is 2.38. The Kier molecular flexibility index (Phi) is 3.61. The van der Waals surface area contributed by atoms with E-state index >= 15 is 0 Å². The van der Waals surface area contributed by atoms with Crippen molar-refractivity contribution >= 4 is 11.6 Å². The third-order valence-corrected chi connectivity index (χ3v) is 2.19. The molecule has 1 nitrogen and oxygen atoms in total. The maximum Gasteiger partial charge on any atom is 0.138 e. The highest BCUT2D eigenvalue weighted by molar-refractivity contribution is 6.33. The Morgan fingerprint density at radius 1 is 1.38 bits per heavy atom. The first-order chi connectivity index (χ1) is 6.16. The van der Waals surface area contributed by atoms with Gasteiger partial charge >= 0.3 is 0 Å². The molecule has 2 heteroatoms. The normalized spacial score (nSPS) is 10.5. The average Bonchev–Trinajstić information content (AvgIpc) is 2.08. The molecule has 71 valence electrons. The topological polar surface area (TPSA) is 9.23 Å². The van der Waals surface area contributed by atoms with E-state index < -0.39 is 0 Å².